The van der Waals surface area contributed by atoms with E-state index in [1.165, 1.54) is 6.20 Å². The number of rotatable bonds is 4. The molecule has 1 atom stereocenters. The number of fused-ring (bicyclic) bond motifs is 1. The zero-order valence-corrected chi connectivity index (χ0v) is 13.6. The van der Waals surface area contributed by atoms with Crippen LogP contribution in [0.3, 0.4) is 0 Å². The Labute approximate surface area is 146 Å². The number of amides is 1. The molecule has 0 radical (unpaired) electrons. The fourth-order valence-corrected chi connectivity index (χ4v) is 2.50. The molecule has 2 aromatic carbocycles. The Kier molecular flexibility index (Phi) is 4.50. The van der Waals surface area contributed by atoms with E-state index >= 15 is 0 Å². The first-order valence-electron chi connectivity index (χ1n) is 7.65. The lowest BCUT2D eigenvalue weighted by Gasteiger charge is -2.17. The maximum atomic E-state index is 12.7. The van der Waals surface area contributed by atoms with E-state index in [0.29, 0.717) is 27.5 Å². The molecule has 0 aliphatic rings. The maximum Gasteiger partial charge on any atom is 0.425 e. The Morgan fingerprint density at radius 2 is 1.92 bits per heavy atom. The number of nitrogens with zero attached hydrogens (tertiary/aromatic N) is 2. The Morgan fingerprint density at radius 1 is 1.19 bits per heavy atom. The molecule has 8 heteroatoms. The summed E-state index contributed by atoms with van der Waals surface area (Å²) in [4.78, 5) is 11.6. The van der Waals surface area contributed by atoms with E-state index < -0.39 is 18.2 Å². The van der Waals surface area contributed by atoms with Crippen LogP contribution in [0.15, 0.2) is 48.7 Å². The number of primary amides is 1. The third-order valence-corrected chi connectivity index (χ3v) is 3.88. The van der Waals surface area contributed by atoms with Crippen LogP contribution in [0.25, 0.3) is 21.9 Å². The van der Waals surface area contributed by atoms with Gasteiger partial charge < -0.3 is 10.5 Å². The highest BCUT2D eigenvalue weighted by molar-refractivity contribution is 6.01. The Hall–Kier alpha value is -3.16. The average molecular weight is 361 g/mol. The lowest BCUT2D eigenvalue weighted by Crippen LogP contribution is -2.31. The first kappa shape index (κ1) is 17.7. The van der Waals surface area contributed by atoms with Crippen molar-refractivity contribution in [3.8, 4) is 17.0 Å². The van der Waals surface area contributed by atoms with Crippen LogP contribution in [0.2, 0.25) is 0 Å². The molecule has 26 heavy (non-hydrogen) atoms. The van der Waals surface area contributed by atoms with E-state index in [9.17, 15) is 18.0 Å². The topological polar surface area (TPSA) is 78.1 Å². The van der Waals surface area contributed by atoms with Gasteiger partial charge in [-0.05, 0) is 36.2 Å². The number of hydrogen-bond donors (Lipinski definition) is 1. The summed E-state index contributed by atoms with van der Waals surface area (Å²) in [5, 5.41) is 8.28. The second-order valence-corrected chi connectivity index (χ2v) is 5.66. The highest BCUT2D eigenvalue weighted by atomic mass is 19.4. The van der Waals surface area contributed by atoms with Crippen molar-refractivity contribution in [1.29, 1.82) is 0 Å². The second kappa shape index (κ2) is 6.62. The predicted molar refractivity (Wildman–Crippen MR) is 89.6 cm³/mol. The lowest BCUT2D eigenvalue weighted by molar-refractivity contribution is -0.189. The summed E-state index contributed by atoms with van der Waals surface area (Å²) in [6, 6.07) is 11.7. The molecule has 0 saturated carbocycles. The Bertz CT molecular complexity index is 973. The van der Waals surface area contributed by atoms with Gasteiger partial charge in [-0.3, -0.25) is 4.79 Å². The summed E-state index contributed by atoms with van der Waals surface area (Å²) in [7, 11) is 0. The Morgan fingerprint density at radius 3 is 2.62 bits per heavy atom. The van der Waals surface area contributed by atoms with Crippen molar-refractivity contribution in [1.82, 2.24) is 10.2 Å². The molecule has 0 spiro atoms. The van der Waals surface area contributed by atoms with E-state index in [0.717, 1.165) is 6.92 Å². The zero-order valence-electron chi connectivity index (χ0n) is 13.6. The number of carbonyl (C=O) groups is 1. The van der Waals surface area contributed by atoms with Crippen LogP contribution in [-0.2, 0) is 0 Å². The van der Waals surface area contributed by atoms with Crippen LogP contribution >= 0.6 is 0 Å². The van der Waals surface area contributed by atoms with Gasteiger partial charge in [0.25, 0.3) is 0 Å². The van der Waals surface area contributed by atoms with Crippen molar-refractivity contribution in [2.24, 2.45) is 5.73 Å². The summed E-state index contributed by atoms with van der Waals surface area (Å²) in [5.41, 5.74) is 7.03. The monoisotopic (exact) mass is 361 g/mol. The van der Waals surface area contributed by atoms with Gasteiger partial charge in [-0.25, -0.2) is 0 Å². The molecule has 1 aromatic heterocycles. The van der Waals surface area contributed by atoms with Crippen molar-refractivity contribution in [2.45, 2.75) is 19.2 Å². The molecule has 3 aromatic rings. The van der Waals surface area contributed by atoms with Crippen molar-refractivity contribution in [3.63, 3.8) is 0 Å². The molecule has 1 unspecified atom stereocenters. The van der Waals surface area contributed by atoms with Gasteiger partial charge in [-0.2, -0.15) is 18.3 Å². The number of nitrogens with two attached hydrogens (primary N) is 1. The normalized spacial score (nSPS) is 12.8. The molecular formula is C18H14F3N3O2. The number of carbonyl (C=O) groups excluding carboxylic acids is 1. The summed E-state index contributed by atoms with van der Waals surface area (Å²) in [6.07, 6.45) is -5.11. The fraction of sp³-hybridized carbons (Fsp3) is 0.167. The quantitative estimate of drug-likeness (QED) is 0.768. The van der Waals surface area contributed by atoms with Crippen LogP contribution in [-0.4, -0.2) is 28.4 Å². The molecule has 5 nitrogen and oxygen atoms in total. The van der Waals surface area contributed by atoms with Gasteiger partial charge in [-0.15, -0.1) is 5.10 Å². The molecule has 0 aliphatic heterocycles. The first-order chi connectivity index (χ1) is 12.3. The summed E-state index contributed by atoms with van der Waals surface area (Å²) < 4.78 is 43.1. The van der Waals surface area contributed by atoms with Crippen molar-refractivity contribution < 1.29 is 22.7 Å². The number of alkyl halides is 3. The van der Waals surface area contributed by atoms with Crippen LogP contribution in [0.1, 0.15) is 17.3 Å². The van der Waals surface area contributed by atoms with Gasteiger partial charge in [0.05, 0.1) is 6.20 Å². The van der Waals surface area contributed by atoms with Gasteiger partial charge in [-0.1, -0.05) is 24.3 Å². The fourth-order valence-electron chi connectivity index (χ4n) is 2.50. The maximum absolute atomic E-state index is 12.7. The summed E-state index contributed by atoms with van der Waals surface area (Å²) in [6.45, 7) is 0.901. The molecule has 134 valence electrons. The minimum absolute atomic E-state index is 0.206. The van der Waals surface area contributed by atoms with Gasteiger partial charge in [0.2, 0.25) is 11.8 Å². The van der Waals surface area contributed by atoms with E-state index in [4.69, 9.17) is 10.5 Å². The average Bonchev–Trinajstić information content (AvgIpc) is 2.60. The van der Waals surface area contributed by atoms with Crippen molar-refractivity contribution in [2.75, 3.05) is 0 Å². The van der Waals surface area contributed by atoms with Gasteiger partial charge >= 0.3 is 6.18 Å². The number of aromatic nitrogens is 2. The van der Waals surface area contributed by atoms with Crippen LogP contribution in [0.4, 0.5) is 13.2 Å². The number of benzene rings is 2. The molecule has 3 rings (SSSR count). The van der Waals surface area contributed by atoms with Gasteiger partial charge in [0.15, 0.2) is 6.10 Å². The Balaban J connectivity index is 2.05. The van der Waals surface area contributed by atoms with E-state index in [1.807, 2.05) is 0 Å². The SMILES string of the molecule is CC(Oc1nncc2cc(-c3ccccc3C(N)=O)ccc12)C(F)(F)F. The van der Waals surface area contributed by atoms with Gasteiger partial charge in [0.1, 0.15) is 0 Å². The van der Waals surface area contributed by atoms with Crippen molar-refractivity contribution in [3.05, 3.63) is 54.2 Å². The highest BCUT2D eigenvalue weighted by Gasteiger charge is 2.38. The second-order valence-electron chi connectivity index (χ2n) is 5.66. The summed E-state index contributed by atoms with van der Waals surface area (Å²) >= 11 is 0. The number of halogens is 3. The van der Waals surface area contributed by atoms with Crippen LogP contribution < -0.4 is 10.5 Å². The lowest BCUT2D eigenvalue weighted by atomic mass is 9.97. The van der Waals surface area contributed by atoms with Crippen LogP contribution in [0.5, 0.6) is 5.88 Å². The van der Waals surface area contributed by atoms with Crippen LogP contribution in [0, 0.1) is 0 Å². The van der Waals surface area contributed by atoms with E-state index in [1.54, 1.807) is 42.5 Å². The molecule has 1 heterocycles. The third-order valence-electron chi connectivity index (χ3n) is 3.88. The zero-order chi connectivity index (χ0) is 18.9. The smallest absolute Gasteiger partial charge is 0.425 e. The third kappa shape index (κ3) is 3.44. The number of hydrogen-bond acceptors (Lipinski definition) is 4. The van der Waals surface area contributed by atoms with E-state index in [2.05, 4.69) is 10.2 Å². The highest BCUT2D eigenvalue weighted by Crippen LogP contribution is 2.31. The summed E-state index contributed by atoms with van der Waals surface area (Å²) in [5.74, 6) is -0.779. The number of ether oxygens (including phenoxy) is 1. The molecular weight excluding hydrogens is 347 g/mol. The molecule has 2 N–H and O–H groups in total. The largest absolute Gasteiger partial charge is 0.463 e. The standard InChI is InChI=1S/C18H14F3N3O2/c1-10(18(19,20)21)26-17-14-7-6-11(8-12(14)9-23-24-17)13-4-2-3-5-15(13)16(22)25/h2-10H,1H3,(H2,22,25). The predicted octanol–water partition coefficient (Wildman–Crippen LogP) is 3.73. The van der Waals surface area contributed by atoms with Crippen molar-refractivity contribution >= 4 is 16.7 Å². The molecule has 0 aliphatic carbocycles. The minimum atomic E-state index is -4.51. The first-order valence-corrected chi connectivity index (χ1v) is 7.65. The molecule has 0 saturated heterocycles. The molecule has 0 fully saturated rings. The molecule has 0 bridgehead atoms. The minimum Gasteiger partial charge on any atom is -0.463 e. The molecule has 1 amide bonds. The van der Waals surface area contributed by atoms with E-state index in [-0.39, 0.29) is 5.88 Å². The van der Waals surface area contributed by atoms with Gasteiger partial charge in [0, 0.05) is 16.3 Å².